The molecule has 2 nitrogen and oxygen atoms in total. The summed E-state index contributed by atoms with van der Waals surface area (Å²) in [4.78, 5) is 0. The quantitative estimate of drug-likeness (QED) is 0.864. The molecule has 0 saturated heterocycles. The van der Waals surface area contributed by atoms with Gasteiger partial charge < -0.3 is 10.5 Å². The zero-order chi connectivity index (χ0) is 12.3. The summed E-state index contributed by atoms with van der Waals surface area (Å²) in [6.07, 6.45) is 6.23. The summed E-state index contributed by atoms with van der Waals surface area (Å²) in [5, 5.41) is 0. The topological polar surface area (TPSA) is 35.2 Å². The molecule has 1 saturated carbocycles. The molecule has 0 radical (unpaired) electrons. The van der Waals surface area contributed by atoms with Crippen LogP contribution in [0.25, 0.3) is 0 Å². The fourth-order valence-corrected chi connectivity index (χ4v) is 2.83. The lowest BCUT2D eigenvalue weighted by Crippen LogP contribution is -2.20. The van der Waals surface area contributed by atoms with E-state index in [1.165, 1.54) is 36.8 Å². The van der Waals surface area contributed by atoms with Crippen molar-refractivity contribution in [2.45, 2.75) is 45.1 Å². The molecule has 1 aliphatic carbocycles. The Hall–Kier alpha value is -1.02. The van der Waals surface area contributed by atoms with Crippen LogP contribution in [0.2, 0.25) is 0 Å². The summed E-state index contributed by atoms with van der Waals surface area (Å²) in [5.41, 5.74) is 8.96. The minimum atomic E-state index is 0.138. The van der Waals surface area contributed by atoms with E-state index in [1.54, 1.807) is 7.11 Å². The van der Waals surface area contributed by atoms with Crippen molar-refractivity contribution in [3.05, 3.63) is 29.3 Å². The Kier molecular flexibility index (Phi) is 4.06. The molecule has 0 aromatic heterocycles. The second kappa shape index (κ2) is 5.54. The summed E-state index contributed by atoms with van der Waals surface area (Å²) in [7, 11) is 1.73. The van der Waals surface area contributed by atoms with Crippen LogP contribution in [0, 0.1) is 5.92 Å². The van der Waals surface area contributed by atoms with Crippen LogP contribution in [-0.2, 0) is 6.42 Å². The third-order valence-corrected chi connectivity index (χ3v) is 3.97. The Morgan fingerprint density at radius 1 is 1.35 bits per heavy atom. The number of aryl methyl sites for hydroxylation is 1. The zero-order valence-electron chi connectivity index (χ0n) is 10.9. The number of ether oxygens (including phenoxy) is 1. The molecule has 0 heterocycles. The Balaban J connectivity index is 2.27. The maximum Gasteiger partial charge on any atom is 0.123 e. The van der Waals surface area contributed by atoms with Gasteiger partial charge in [-0.05, 0) is 36.8 Å². The van der Waals surface area contributed by atoms with E-state index in [-0.39, 0.29) is 6.04 Å². The molecule has 94 valence electrons. The number of rotatable bonds is 4. The first-order valence-corrected chi connectivity index (χ1v) is 6.68. The number of nitrogens with two attached hydrogens (primary N) is 1. The van der Waals surface area contributed by atoms with Crippen molar-refractivity contribution < 1.29 is 4.74 Å². The largest absolute Gasteiger partial charge is 0.496 e. The molecule has 0 amide bonds. The van der Waals surface area contributed by atoms with Gasteiger partial charge in [-0.25, -0.2) is 0 Å². The molecular formula is C15H23NO. The number of benzene rings is 1. The minimum Gasteiger partial charge on any atom is -0.496 e. The molecule has 0 spiro atoms. The van der Waals surface area contributed by atoms with Crippen molar-refractivity contribution in [2.75, 3.05) is 7.11 Å². The van der Waals surface area contributed by atoms with E-state index in [0.717, 1.165) is 12.2 Å². The fourth-order valence-electron chi connectivity index (χ4n) is 2.83. The average molecular weight is 233 g/mol. The van der Waals surface area contributed by atoms with E-state index in [9.17, 15) is 0 Å². The first-order valence-electron chi connectivity index (χ1n) is 6.68. The van der Waals surface area contributed by atoms with Crippen molar-refractivity contribution in [1.82, 2.24) is 0 Å². The molecule has 1 unspecified atom stereocenters. The van der Waals surface area contributed by atoms with E-state index < -0.39 is 0 Å². The molecule has 1 atom stereocenters. The van der Waals surface area contributed by atoms with Gasteiger partial charge in [0.2, 0.25) is 0 Å². The van der Waals surface area contributed by atoms with Gasteiger partial charge in [-0.3, -0.25) is 0 Å². The Morgan fingerprint density at radius 2 is 2.06 bits per heavy atom. The second-order valence-corrected chi connectivity index (χ2v) is 5.00. The molecule has 2 heteroatoms. The van der Waals surface area contributed by atoms with Crippen LogP contribution in [0.3, 0.4) is 0 Å². The van der Waals surface area contributed by atoms with Crippen LogP contribution in [0.4, 0.5) is 0 Å². The summed E-state index contributed by atoms with van der Waals surface area (Å²) in [6.45, 7) is 2.17. The van der Waals surface area contributed by atoms with Crippen LogP contribution in [0.5, 0.6) is 5.75 Å². The summed E-state index contributed by atoms with van der Waals surface area (Å²) in [5.74, 6) is 1.58. The molecule has 0 bridgehead atoms. The Morgan fingerprint density at radius 3 is 2.65 bits per heavy atom. The van der Waals surface area contributed by atoms with Gasteiger partial charge in [-0.2, -0.15) is 0 Å². The van der Waals surface area contributed by atoms with Crippen LogP contribution in [0.15, 0.2) is 18.2 Å². The van der Waals surface area contributed by atoms with E-state index >= 15 is 0 Å². The van der Waals surface area contributed by atoms with Crippen molar-refractivity contribution >= 4 is 0 Å². The molecule has 1 fully saturated rings. The highest BCUT2D eigenvalue weighted by atomic mass is 16.5. The van der Waals surface area contributed by atoms with Gasteiger partial charge in [0.05, 0.1) is 7.11 Å². The lowest BCUT2D eigenvalue weighted by atomic mass is 9.90. The maximum atomic E-state index is 6.42. The fraction of sp³-hybridized carbons (Fsp3) is 0.600. The van der Waals surface area contributed by atoms with Gasteiger partial charge in [0.15, 0.2) is 0 Å². The van der Waals surface area contributed by atoms with Crippen LogP contribution >= 0.6 is 0 Å². The Labute approximate surface area is 104 Å². The predicted molar refractivity (Wildman–Crippen MR) is 71.3 cm³/mol. The summed E-state index contributed by atoms with van der Waals surface area (Å²) >= 11 is 0. The summed E-state index contributed by atoms with van der Waals surface area (Å²) < 4.78 is 5.45. The van der Waals surface area contributed by atoms with Crippen molar-refractivity contribution in [3.8, 4) is 5.75 Å². The van der Waals surface area contributed by atoms with E-state index in [0.29, 0.717) is 5.92 Å². The van der Waals surface area contributed by atoms with Gasteiger partial charge >= 0.3 is 0 Å². The van der Waals surface area contributed by atoms with Crippen LogP contribution in [-0.4, -0.2) is 7.11 Å². The second-order valence-electron chi connectivity index (χ2n) is 5.00. The van der Waals surface area contributed by atoms with Crippen molar-refractivity contribution in [1.29, 1.82) is 0 Å². The predicted octanol–water partition coefficient (Wildman–Crippen LogP) is 3.45. The van der Waals surface area contributed by atoms with Crippen molar-refractivity contribution in [2.24, 2.45) is 11.7 Å². The first kappa shape index (κ1) is 12.4. The van der Waals surface area contributed by atoms with Crippen LogP contribution < -0.4 is 10.5 Å². The zero-order valence-corrected chi connectivity index (χ0v) is 10.9. The smallest absolute Gasteiger partial charge is 0.123 e. The lowest BCUT2D eigenvalue weighted by Gasteiger charge is -2.22. The van der Waals surface area contributed by atoms with Crippen molar-refractivity contribution in [3.63, 3.8) is 0 Å². The average Bonchev–Trinajstić information content (AvgIpc) is 2.91. The molecule has 2 N–H and O–H groups in total. The molecule has 1 aromatic rings. The number of hydrogen-bond acceptors (Lipinski definition) is 2. The summed E-state index contributed by atoms with van der Waals surface area (Å²) in [6, 6.07) is 6.55. The first-order chi connectivity index (χ1) is 8.26. The van der Waals surface area contributed by atoms with Gasteiger partial charge in [-0.15, -0.1) is 0 Å². The van der Waals surface area contributed by atoms with Gasteiger partial charge in [0, 0.05) is 11.6 Å². The number of hydrogen-bond donors (Lipinski definition) is 1. The third kappa shape index (κ3) is 2.63. The SMILES string of the molecule is CCc1ccc(OC)c(C(N)C2CCCC2)c1. The van der Waals surface area contributed by atoms with E-state index in [4.69, 9.17) is 10.5 Å². The standard InChI is InChI=1S/C15H23NO/c1-3-11-8-9-14(17-2)13(10-11)15(16)12-6-4-5-7-12/h8-10,12,15H,3-7,16H2,1-2H3. The van der Waals surface area contributed by atoms with E-state index in [1.807, 2.05) is 0 Å². The normalized spacial score (nSPS) is 18.3. The Bertz CT molecular complexity index is 369. The van der Waals surface area contributed by atoms with Gasteiger partial charge in [0.25, 0.3) is 0 Å². The lowest BCUT2D eigenvalue weighted by molar-refractivity contribution is 0.385. The molecule has 0 aliphatic heterocycles. The van der Waals surface area contributed by atoms with Gasteiger partial charge in [-0.1, -0.05) is 31.9 Å². The molecule has 17 heavy (non-hydrogen) atoms. The molecular weight excluding hydrogens is 210 g/mol. The van der Waals surface area contributed by atoms with Crippen LogP contribution in [0.1, 0.15) is 49.8 Å². The maximum absolute atomic E-state index is 6.42. The monoisotopic (exact) mass is 233 g/mol. The van der Waals surface area contributed by atoms with E-state index in [2.05, 4.69) is 25.1 Å². The highest BCUT2D eigenvalue weighted by molar-refractivity contribution is 5.39. The molecule has 2 rings (SSSR count). The van der Waals surface area contributed by atoms with Gasteiger partial charge in [0.1, 0.15) is 5.75 Å². The molecule has 1 aromatic carbocycles. The highest BCUT2D eigenvalue weighted by Gasteiger charge is 2.25. The molecule has 1 aliphatic rings. The highest BCUT2D eigenvalue weighted by Crippen LogP contribution is 2.37. The number of methoxy groups -OCH3 is 1. The third-order valence-electron chi connectivity index (χ3n) is 3.97. The minimum absolute atomic E-state index is 0.138.